The van der Waals surface area contributed by atoms with Crippen LogP contribution in [0.5, 0.6) is 0 Å². The standard InChI is InChI=1S/C29H22N4O3/c34-27(30-20-11-7-16(8-12-20)26-31-22-3-1-2-4-23(22)32-26)17-9-13-21(14-10-17)33-28(35)24-18-5-6-19(15-18)25(24)29(33)36/h1-14,18-19,24-25H,15H2,(H,30,34)(H,31,32). The quantitative estimate of drug-likeness (QED) is 0.328. The second-order valence-electron chi connectivity index (χ2n) is 9.69. The van der Waals surface area contributed by atoms with Gasteiger partial charge in [-0.25, -0.2) is 4.98 Å². The van der Waals surface area contributed by atoms with E-state index in [0.29, 0.717) is 16.9 Å². The smallest absolute Gasteiger partial charge is 0.255 e. The van der Waals surface area contributed by atoms with Gasteiger partial charge in [0.2, 0.25) is 11.8 Å². The zero-order valence-corrected chi connectivity index (χ0v) is 19.2. The van der Waals surface area contributed by atoms with Crippen LogP contribution in [0.1, 0.15) is 16.8 Å². The van der Waals surface area contributed by atoms with E-state index in [1.807, 2.05) is 48.5 Å². The molecule has 1 saturated heterocycles. The van der Waals surface area contributed by atoms with Crippen molar-refractivity contribution in [3.8, 4) is 11.4 Å². The predicted molar refractivity (Wildman–Crippen MR) is 136 cm³/mol. The Bertz CT molecular complexity index is 1510. The molecule has 7 nitrogen and oxygen atoms in total. The highest BCUT2D eigenvalue weighted by molar-refractivity contribution is 6.23. The second-order valence-corrected chi connectivity index (χ2v) is 9.69. The third-order valence-corrected chi connectivity index (χ3v) is 7.66. The van der Waals surface area contributed by atoms with Crippen molar-refractivity contribution in [1.82, 2.24) is 9.97 Å². The number of amides is 3. The van der Waals surface area contributed by atoms with Crippen LogP contribution < -0.4 is 10.2 Å². The van der Waals surface area contributed by atoms with E-state index in [-0.39, 0.29) is 41.4 Å². The van der Waals surface area contributed by atoms with Crippen molar-refractivity contribution >= 4 is 40.1 Å². The van der Waals surface area contributed by atoms with Crippen LogP contribution in [0.2, 0.25) is 0 Å². The first-order valence-electron chi connectivity index (χ1n) is 12.1. The Balaban J connectivity index is 1.05. The molecular formula is C29H22N4O3. The van der Waals surface area contributed by atoms with Crippen molar-refractivity contribution in [2.45, 2.75) is 6.42 Å². The van der Waals surface area contributed by atoms with E-state index in [2.05, 4.69) is 27.4 Å². The Labute approximate surface area is 206 Å². The lowest BCUT2D eigenvalue weighted by Crippen LogP contribution is -2.32. The summed E-state index contributed by atoms with van der Waals surface area (Å²) in [5, 5.41) is 2.90. The summed E-state index contributed by atoms with van der Waals surface area (Å²) in [6.07, 6.45) is 5.06. The summed E-state index contributed by atoms with van der Waals surface area (Å²) in [5.41, 5.74) is 4.41. The van der Waals surface area contributed by atoms with Crippen LogP contribution in [0.4, 0.5) is 11.4 Å². The number of imide groups is 1. The molecule has 4 aromatic rings. The van der Waals surface area contributed by atoms with E-state index in [9.17, 15) is 14.4 Å². The highest BCUT2D eigenvalue weighted by atomic mass is 16.2. The Morgan fingerprint density at radius 2 is 1.53 bits per heavy atom. The van der Waals surface area contributed by atoms with Crippen LogP contribution in [0, 0.1) is 23.7 Å². The van der Waals surface area contributed by atoms with Gasteiger partial charge in [-0.3, -0.25) is 19.3 Å². The molecule has 7 heteroatoms. The molecule has 7 rings (SSSR count). The van der Waals surface area contributed by atoms with Crippen molar-refractivity contribution in [1.29, 1.82) is 0 Å². The first kappa shape index (κ1) is 20.8. The molecule has 176 valence electrons. The number of H-pyrrole nitrogens is 1. The molecule has 4 unspecified atom stereocenters. The molecule has 3 aromatic carbocycles. The lowest BCUT2D eigenvalue weighted by Gasteiger charge is -2.17. The summed E-state index contributed by atoms with van der Waals surface area (Å²) < 4.78 is 0. The summed E-state index contributed by atoms with van der Waals surface area (Å²) in [4.78, 5) is 48.1. The minimum Gasteiger partial charge on any atom is -0.338 e. The molecule has 36 heavy (non-hydrogen) atoms. The van der Waals surface area contributed by atoms with Crippen molar-refractivity contribution < 1.29 is 14.4 Å². The molecule has 0 spiro atoms. The summed E-state index contributed by atoms with van der Waals surface area (Å²) in [6.45, 7) is 0. The highest BCUT2D eigenvalue weighted by Gasteiger charge is 2.59. The zero-order valence-electron chi connectivity index (χ0n) is 19.2. The number of hydrogen-bond donors (Lipinski definition) is 2. The molecule has 1 aliphatic heterocycles. The fourth-order valence-corrected chi connectivity index (χ4v) is 5.92. The number of nitrogens with one attached hydrogen (secondary N) is 2. The minimum absolute atomic E-state index is 0.122. The molecule has 4 atom stereocenters. The first-order chi connectivity index (χ1) is 17.6. The van der Waals surface area contributed by atoms with Crippen LogP contribution in [0.25, 0.3) is 22.4 Å². The molecule has 2 aliphatic carbocycles. The number of benzene rings is 3. The van der Waals surface area contributed by atoms with E-state index in [1.54, 1.807) is 24.3 Å². The number of imidazole rings is 1. The Morgan fingerprint density at radius 3 is 2.19 bits per heavy atom. The monoisotopic (exact) mass is 474 g/mol. The van der Waals surface area contributed by atoms with Gasteiger partial charge in [0.25, 0.3) is 5.91 Å². The number of aromatic amines is 1. The summed E-state index contributed by atoms with van der Waals surface area (Å²) in [6, 6.07) is 22.0. The van der Waals surface area contributed by atoms with Gasteiger partial charge < -0.3 is 10.3 Å². The van der Waals surface area contributed by atoms with Gasteiger partial charge in [0, 0.05) is 16.8 Å². The van der Waals surface area contributed by atoms with Crippen molar-refractivity contribution in [2.75, 3.05) is 10.2 Å². The van der Waals surface area contributed by atoms with E-state index in [1.165, 1.54) is 4.90 Å². The van der Waals surface area contributed by atoms with Gasteiger partial charge in [-0.15, -0.1) is 0 Å². The number of carbonyl (C=O) groups is 3. The van der Waals surface area contributed by atoms with Crippen molar-refractivity contribution in [3.63, 3.8) is 0 Å². The van der Waals surface area contributed by atoms with E-state index >= 15 is 0 Å². The average molecular weight is 475 g/mol. The van der Waals surface area contributed by atoms with Gasteiger partial charge in [-0.1, -0.05) is 24.3 Å². The number of rotatable bonds is 4. The zero-order chi connectivity index (χ0) is 24.4. The molecule has 3 aliphatic rings. The number of fused-ring (bicyclic) bond motifs is 6. The lowest BCUT2D eigenvalue weighted by atomic mass is 9.85. The molecule has 3 amide bonds. The van der Waals surface area contributed by atoms with Gasteiger partial charge in [0.1, 0.15) is 5.82 Å². The Morgan fingerprint density at radius 1 is 0.861 bits per heavy atom. The van der Waals surface area contributed by atoms with E-state index < -0.39 is 0 Å². The maximum atomic E-state index is 13.0. The molecule has 2 bridgehead atoms. The van der Waals surface area contributed by atoms with Gasteiger partial charge in [0.15, 0.2) is 0 Å². The molecule has 1 saturated carbocycles. The number of para-hydroxylation sites is 2. The summed E-state index contributed by atoms with van der Waals surface area (Å²) in [5.74, 6) is 0.123. The molecular weight excluding hydrogens is 452 g/mol. The molecule has 2 heterocycles. The second kappa shape index (κ2) is 7.75. The fraction of sp³-hybridized carbons (Fsp3) is 0.172. The molecule has 0 radical (unpaired) electrons. The normalized spacial score (nSPS) is 24.1. The summed E-state index contributed by atoms with van der Waals surface area (Å²) in [7, 11) is 0. The van der Waals surface area contributed by atoms with E-state index in [0.717, 1.165) is 28.8 Å². The minimum atomic E-state index is -0.267. The van der Waals surface area contributed by atoms with Crippen LogP contribution in [0.3, 0.4) is 0 Å². The number of aromatic nitrogens is 2. The largest absolute Gasteiger partial charge is 0.338 e. The Hall–Kier alpha value is -4.52. The molecule has 1 aromatic heterocycles. The predicted octanol–water partition coefficient (Wildman–Crippen LogP) is 4.79. The number of anilines is 2. The third kappa shape index (κ3) is 3.12. The average Bonchev–Trinajstić information content (AvgIpc) is 3.67. The first-order valence-corrected chi connectivity index (χ1v) is 12.1. The highest BCUT2D eigenvalue weighted by Crippen LogP contribution is 2.53. The Kier molecular flexibility index (Phi) is 4.48. The van der Waals surface area contributed by atoms with Gasteiger partial charge >= 0.3 is 0 Å². The fourth-order valence-electron chi connectivity index (χ4n) is 5.92. The van der Waals surface area contributed by atoms with Crippen LogP contribution in [0.15, 0.2) is 84.9 Å². The summed E-state index contributed by atoms with van der Waals surface area (Å²) >= 11 is 0. The van der Waals surface area contributed by atoms with Crippen LogP contribution in [-0.2, 0) is 9.59 Å². The number of nitrogens with zero attached hydrogens (tertiary/aromatic N) is 2. The van der Waals surface area contributed by atoms with Crippen molar-refractivity contribution in [2.24, 2.45) is 23.7 Å². The lowest BCUT2D eigenvalue weighted by molar-refractivity contribution is -0.123. The molecule has 2 fully saturated rings. The molecule has 2 N–H and O–H groups in total. The maximum Gasteiger partial charge on any atom is 0.255 e. The topological polar surface area (TPSA) is 95.2 Å². The van der Waals surface area contributed by atoms with Gasteiger partial charge in [-0.05, 0) is 78.9 Å². The van der Waals surface area contributed by atoms with E-state index in [4.69, 9.17) is 0 Å². The number of allylic oxidation sites excluding steroid dienone is 2. The third-order valence-electron chi connectivity index (χ3n) is 7.66. The SMILES string of the molecule is O=C(Nc1ccc(-c2nc3ccccc3[nH]2)cc1)c1ccc(N2C(=O)C3C4C=CC(C4)C3C2=O)cc1. The van der Waals surface area contributed by atoms with Gasteiger partial charge in [0.05, 0.1) is 28.6 Å². The maximum absolute atomic E-state index is 13.0. The number of hydrogen-bond acceptors (Lipinski definition) is 4. The number of carbonyl (C=O) groups excluding carboxylic acids is 3. The van der Waals surface area contributed by atoms with Crippen LogP contribution >= 0.6 is 0 Å². The van der Waals surface area contributed by atoms with Gasteiger partial charge in [-0.2, -0.15) is 0 Å². The van der Waals surface area contributed by atoms with Crippen LogP contribution in [-0.4, -0.2) is 27.7 Å². The van der Waals surface area contributed by atoms with Crippen molar-refractivity contribution in [3.05, 3.63) is 90.5 Å².